The molecule has 0 unspecified atom stereocenters. The van der Waals surface area contributed by atoms with Gasteiger partial charge in [-0.2, -0.15) is 0 Å². The highest BCUT2D eigenvalue weighted by Gasteiger charge is 2.21. The highest BCUT2D eigenvalue weighted by molar-refractivity contribution is 7.21. The number of aryl methyl sites for hydroxylation is 1. The number of anilines is 1. The summed E-state index contributed by atoms with van der Waals surface area (Å²) in [4.78, 5) is 8.70. The molecule has 5 rings (SSSR count). The largest absolute Gasteiger partial charge is 0.371 e. The Hall–Kier alpha value is -1.94. The first kappa shape index (κ1) is 14.4. The number of hydrogen-bond donors (Lipinski definition) is 0. The van der Waals surface area contributed by atoms with Gasteiger partial charge in [0.1, 0.15) is 13.1 Å². The number of rotatable bonds is 2. The first-order valence-corrected chi connectivity index (χ1v) is 9.84. The van der Waals surface area contributed by atoms with Gasteiger partial charge in [0.15, 0.2) is 0 Å². The Balaban J connectivity index is 1.72. The second-order valence-corrected chi connectivity index (χ2v) is 7.93. The predicted molar refractivity (Wildman–Crippen MR) is 102 cm³/mol. The van der Waals surface area contributed by atoms with Crippen molar-refractivity contribution in [2.75, 3.05) is 31.1 Å². The Morgan fingerprint density at radius 1 is 1.12 bits per heavy atom. The van der Waals surface area contributed by atoms with Gasteiger partial charge >= 0.3 is 0 Å². The molecule has 0 aromatic heterocycles. The molecule has 1 aromatic rings. The number of fused-ring (bicyclic) bond motifs is 2. The highest BCUT2D eigenvalue weighted by atomic mass is 32.1. The quantitative estimate of drug-likeness (QED) is 0.528. The first-order valence-electron chi connectivity index (χ1n) is 9.02. The molecule has 4 aliphatic rings. The van der Waals surface area contributed by atoms with Gasteiger partial charge in [-0.15, -0.1) is 11.3 Å². The van der Waals surface area contributed by atoms with Crippen LogP contribution in [0.3, 0.4) is 0 Å². The van der Waals surface area contributed by atoms with E-state index < -0.39 is 0 Å². The zero-order chi connectivity index (χ0) is 16.1. The lowest BCUT2D eigenvalue weighted by atomic mass is 10.1. The van der Waals surface area contributed by atoms with Crippen molar-refractivity contribution >= 4 is 27.2 Å². The fraction of sp³-hybridized carbons (Fsp3) is 0.400. The number of benzene rings is 2. The maximum absolute atomic E-state index is 4.95. The van der Waals surface area contributed by atoms with E-state index in [-0.39, 0.29) is 0 Å². The first-order chi connectivity index (χ1) is 11.8. The molecule has 3 heterocycles. The normalized spacial score (nSPS) is 17.2. The summed E-state index contributed by atoms with van der Waals surface area (Å²) >= 11 is 1.89. The van der Waals surface area contributed by atoms with Gasteiger partial charge in [-0.25, -0.2) is 9.56 Å². The zero-order valence-electron chi connectivity index (χ0n) is 14.1. The molecule has 2 fully saturated rings. The topological polar surface area (TPSA) is 19.1 Å². The second-order valence-electron chi connectivity index (χ2n) is 6.85. The molecule has 24 heavy (non-hydrogen) atoms. The van der Waals surface area contributed by atoms with Crippen LogP contribution in [0.25, 0.3) is 20.8 Å². The van der Waals surface area contributed by atoms with Crippen LogP contribution >= 0.6 is 11.3 Å². The standard InChI is InChI=1S/C20H22N3S/c1-2-14-11-17-20(13-18(14)23-9-4-10-23)24-19-12-15(22-7-3-8-22)5-6-16(19)21-17/h5-6,11-13H,2-4,7-10H2,1H3/q+1. The van der Waals surface area contributed by atoms with E-state index in [1.165, 1.54) is 65.2 Å². The molecule has 4 heteroatoms. The van der Waals surface area contributed by atoms with Gasteiger partial charge in [0.2, 0.25) is 5.36 Å². The smallest absolute Gasteiger partial charge is 0.204 e. The van der Waals surface area contributed by atoms with Gasteiger partial charge in [0.25, 0.3) is 0 Å². The molecule has 0 spiro atoms. The van der Waals surface area contributed by atoms with Crippen LogP contribution in [0.5, 0.6) is 0 Å². The maximum atomic E-state index is 4.95. The summed E-state index contributed by atoms with van der Waals surface area (Å²) in [6, 6.07) is 11.4. The third-order valence-corrected chi connectivity index (χ3v) is 6.46. The van der Waals surface area contributed by atoms with Crippen molar-refractivity contribution in [3.05, 3.63) is 41.3 Å². The molecule has 0 atom stereocenters. The lowest BCUT2D eigenvalue weighted by Gasteiger charge is -2.33. The minimum atomic E-state index is 1.07. The molecule has 1 aliphatic carbocycles. The maximum Gasteiger partial charge on any atom is 0.204 e. The van der Waals surface area contributed by atoms with E-state index in [0.29, 0.717) is 0 Å². The minimum Gasteiger partial charge on any atom is -0.371 e. The molecule has 0 N–H and O–H groups in total. The monoisotopic (exact) mass is 336 g/mol. The Bertz CT molecular complexity index is 962. The van der Waals surface area contributed by atoms with E-state index in [2.05, 4.69) is 46.7 Å². The van der Waals surface area contributed by atoms with E-state index >= 15 is 0 Å². The second kappa shape index (κ2) is 5.55. The van der Waals surface area contributed by atoms with E-state index in [1.807, 2.05) is 11.3 Å². The third-order valence-electron chi connectivity index (χ3n) is 5.36. The fourth-order valence-electron chi connectivity index (χ4n) is 3.60. The Morgan fingerprint density at radius 3 is 2.67 bits per heavy atom. The summed E-state index contributed by atoms with van der Waals surface area (Å²) in [7, 11) is 0. The van der Waals surface area contributed by atoms with Crippen LogP contribution in [0.15, 0.2) is 30.3 Å². The predicted octanol–water partition coefficient (Wildman–Crippen LogP) is 3.35. The molecule has 0 radical (unpaired) electrons. The van der Waals surface area contributed by atoms with Crippen molar-refractivity contribution < 1.29 is 0 Å². The molecule has 2 saturated heterocycles. The minimum absolute atomic E-state index is 1.07. The summed E-state index contributed by atoms with van der Waals surface area (Å²) in [6.07, 6.45) is 3.70. The molecule has 1 aromatic carbocycles. The summed E-state index contributed by atoms with van der Waals surface area (Å²) in [5, 5.41) is 1.42. The van der Waals surface area contributed by atoms with Crippen molar-refractivity contribution in [1.29, 1.82) is 0 Å². The number of hydrogen-bond acceptors (Lipinski definition) is 3. The fourth-order valence-corrected chi connectivity index (χ4v) is 4.62. The van der Waals surface area contributed by atoms with E-state index in [0.717, 1.165) is 17.6 Å². The van der Waals surface area contributed by atoms with Gasteiger partial charge in [-0.05, 0) is 37.1 Å². The molecule has 122 valence electrons. The van der Waals surface area contributed by atoms with Gasteiger partial charge in [-0.3, -0.25) is 0 Å². The van der Waals surface area contributed by atoms with Crippen LogP contribution in [-0.2, 0) is 6.42 Å². The highest BCUT2D eigenvalue weighted by Crippen LogP contribution is 2.33. The van der Waals surface area contributed by atoms with Crippen LogP contribution in [0.1, 0.15) is 25.3 Å². The average Bonchev–Trinajstić information content (AvgIpc) is 2.49. The van der Waals surface area contributed by atoms with Crippen LogP contribution in [0, 0.1) is 0 Å². The van der Waals surface area contributed by atoms with Crippen molar-refractivity contribution in [1.82, 2.24) is 9.56 Å². The van der Waals surface area contributed by atoms with Crippen LogP contribution in [-0.4, -0.2) is 31.2 Å². The average molecular weight is 336 g/mol. The third kappa shape index (κ3) is 2.24. The lowest BCUT2D eigenvalue weighted by Crippen LogP contribution is -2.42. The van der Waals surface area contributed by atoms with Crippen molar-refractivity contribution in [3.8, 4) is 10.6 Å². The van der Waals surface area contributed by atoms with Crippen LogP contribution in [0.2, 0.25) is 0 Å². The Kier molecular flexibility index (Phi) is 3.33. The van der Waals surface area contributed by atoms with Crippen molar-refractivity contribution in [3.63, 3.8) is 0 Å². The van der Waals surface area contributed by atoms with E-state index in [4.69, 9.17) is 4.98 Å². The van der Waals surface area contributed by atoms with Gasteiger partial charge in [-0.1, -0.05) is 6.92 Å². The van der Waals surface area contributed by atoms with Crippen LogP contribution < -0.4 is 14.8 Å². The van der Waals surface area contributed by atoms with E-state index in [9.17, 15) is 0 Å². The van der Waals surface area contributed by atoms with E-state index in [1.54, 1.807) is 0 Å². The molecule has 0 bridgehead atoms. The lowest BCUT2D eigenvalue weighted by molar-refractivity contribution is 0.431. The summed E-state index contributed by atoms with van der Waals surface area (Å²) in [6.45, 7) is 7.02. The Labute approximate surface area is 146 Å². The summed E-state index contributed by atoms with van der Waals surface area (Å²) < 4.78 is 3.80. The molecule has 3 nitrogen and oxygen atoms in total. The van der Waals surface area contributed by atoms with Crippen LogP contribution in [0.4, 0.5) is 5.69 Å². The summed E-state index contributed by atoms with van der Waals surface area (Å²) in [5.74, 6) is 0. The molecular formula is C20H22N3S+. The molecule has 0 amide bonds. The molecular weight excluding hydrogens is 314 g/mol. The molecule has 3 aliphatic heterocycles. The van der Waals surface area contributed by atoms with Crippen molar-refractivity contribution in [2.45, 2.75) is 26.2 Å². The number of aromatic nitrogens is 1. The van der Waals surface area contributed by atoms with Gasteiger partial charge in [0.05, 0.1) is 27.2 Å². The zero-order valence-corrected chi connectivity index (χ0v) is 14.9. The SMILES string of the molecule is CCc1cc2nc3ccc(N4CCC4)cc3sc-2cc1=[N+]1CCC1. The number of nitrogens with zero attached hydrogens (tertiary/aromatic N) is 3. The van der Waals surface area contributed by atoms with Gasteiger partial charge < -0.3 is 4.90 Å². The molecule has 0 saturated carbocycles. The van der Waals surface area contributed by atoms with Crippen molar-refractivity contribution in [2.24, 2.45) is 0 Å². The van der Waals surface area contributed by atoms with Gasteiger partial charge in [0, 0.05) is 30.4 Å². The Morgan fingerprint density at radius 2 is 2.00 bits per heavy atom. The summed E-state index contributed by atoms with van der Waals surface area (Å²) in [5.41, 5.74) is 5.04.